The largest absolute Gasteiger partial charge is 0.454 e. The molecule has 0 unspecified atom stereocenters. The Balaban J connectivity index is 1.85. The number of hydrogen-bond acceptors (Lipinski definition) is 6. The second-order valence-electron chi connectivity index (χ2n) is 5.22. The summed E-state index contributed by atoms with van der Waals surface area (Å²) in [6.07, 6.45) is 5.34. The molecule has 124 valence electrons. The minimum atomic E-state index is 0.235. The molecule has 0 aliphatic carbocycles. The minimum Gasteiger partial charge on any atom is -0.454 e. The van der Waals surface area contributed by atoms with Gasteiger partial charge in [-0.3, -0.25) is 9.38 Å². The van der Waals surface area contributed by atoms with E-state index in [1.54, 1.807) is 19.5 Å². The topological polar surface area (TPSA) is 69.9 Å². The fourth-order valence-electron chi connectivity index (χ4n) is 2.63. The number of halogens is 1. The Morgan fingerprint density at radius 2 is 2.17 bits per heavy atom. The first kappa shape index (κ1) is 15.2. The molecule has 24 heavy (non-hydrogen) atoms. The zero-order chi connectivity index (χ0) is 16.5. The number of imidazole rings is 1. The van der Waals surface area contributed by atoms with Gasteiger partial charge in [-0.25, -0.2) is 4.98 Å². The van der Waals surface area contributed by atoms with Crippen LogP contribution in [-0.2, 0) is 4.74 Å². The van der Waals surface area contributed by atoms with Crippen LogP contribution in [0.25, 0.3) is 16.9 Å². The highest BCUT2D eigenvalue weighted by molar-refractivity contribution is 9.10. The standard InChI is InChI=1S/C16H15BrN4O3/c1-22-5-3-19-16-15(20-14-8-18-2-4-21(14)16)10-6-12-13(7-11(10)17)24-9-23-12/h2,4,6-8,19H,3,5,9H2,1H3. The number of ether oxygens (including phenoxy) is 3. The normalized spacial score (nSPS) is 12.8. The highest BCUT2D eigenvalue weighted by atomic mass is 79.9. The predicted octanol–water partition coefficient (Wildman–Crippen LogP) is 2.95. The highest BCUT2D eigenvalue weighted by Gasteiger charge is 2.21. The van der Waals surface area contributed by atoms with E-state index in [2.05, 4.69) is 26.2 Å². The van der Waals surface area contributed by atoms with Gasteiger partial charge in [-0.1, -0.05) is 0 Å². The maximum absolute atomic E-state index is 5.50. The number of benzene rings is 1. The van der Waals surface area contributed by atoms with Gasteiger partial charge in [0.15, 0.2) is 17.1 Å². The van der Waals surface area contributed by atoms with Crippen molar-refractivity contribution in [2.75, 3.05) is 32.4 Å². The second kappa shape index (κ2) is 6.29. The van der Waals surface area contributed by atoms with Gasteiger partial charge in [0.25, 0.3) is 0 Å². The fraction of sp³-hybridized carbons (Fsp3) is 0.250. The first-order chi connectivity index (χ1) is 11.8. The lowest BCUT2D eigenvalue weighted by molar-refractivity contribution is 0.174. The molecule has 0 bridgehead atoms. The highest BCUT2D eigenvalue weighted by Crippen LogP contribution is 2.42. The van der Waals surface area contributed by atoms with Crippen molar-refractivity contribution in [3.63, 3.8) is 0 Å². The molecule has 4 rings (SSSR count). The summed E-state index contributed by atoms with van der Waals surface area (Å²) in [6.45, 7) is 1.50. The van der Waals surface area contributed by atoms with Crippen LogP contribution in [0, 0.1) is 0 Å². The van der Waals surface area contributed by atoms with Crippen molar-refractivity contribution in [1.82, 2.24) is 14.4 Å². The molecule has 3 heterocycles. The Labute approximate surface area is 146 Å². The molecule has 0 atom stereocenters. The van der Waals surface area contributed by atoms with Crippen LogP contribution in [-0.4, -0.2) is 41.4 Å². The van der Waals surface area contributed by atoms with E-state index in [-0.39, 0.29) is 6.79 Å². The molecule has 0 radical (unpaired) electrons. The first-order valence-electron chi connectivity index (χ1n) is 7.42. The Hall–Kier alpha value is -2.32. The Morgan fingerprint density at radius 3 is 3.00 bits per heavy atom. The molecule has 8 heteroatoms. The fourth-order valence-corrected chi connectivity index (χ4v) is 3.14. The maximum Gasteiger partial charge on any atom is 0.231 e. The number of nitrogens with one attached hydrogen (secondary N) is 1. The van der Waals surface area contributed by atoms with Crippen LogP contribution < -0.4 is 14.8 Å². The Kier molecular flexibility index (Phi) is 3.99. The van der Waals surface area contributed by atoms with Crippen LogP contribution in [0.3, 0.4) is 0 Å². The summed E-state index contributed by atoms with van der Waals surface area (Å²) < 4.78 is 18.9. The van der Waals surface area contributed by atoms with Crippen molar-refractivity contribution >= 4 is 27.4 Å². The van der Waals surface area contributed by atoms with Crippen molar-refractivity contribution in [2.24, 2.45) is 0 Å². The van der Waals surface area contributed by atoms with Gasteiger partial charge in [0.05, 0.1) is 12.8 Å². The van der Waals surface area contributed by atoms with Crippen LogP contribution in [0.1, 0.15) is 0 Å². The number of fused-ring (bicyclic) bond motifs is 2. The molecule has 2 aromatic heterocycles. The van der Waals surface area contributed by atoms with E-state index in [4.69, 9.17) is 19.2 Å². The molecule has 0 amide bonds. The summed E-state index contributed by atoms with van der Waals surface area (Å²) in [5.74, 6) is 2.32. The van der Waals surface area contributed by atoms with E-state index in [0.717, 1.165) is 32.9 Å². The molecule has 0 spiro atoms. The van der Waals surface area contributed by atoms with Gasteiger partial charge >= 0.3 is 0 Å². The lowest BCUT2D eigenvalue weighted by Gasteiger charge is -2.10. The van der Waals surface area contributed by atoms with Gasteiger partial charge in [0.1, 0.15) is 11.5 Å². The van der Waals surface area contributed by atoms with Crippen LogP contribution in [0.15, 0.2) is 35.2 Å². The summed E-state index contributed by atoms with van der Waals surface area (Å²) in [6, 6.07) is 3.84. The second-order valence-corrected chi connectivity index (χ2v) is 6.07. The molecule has 1 N–H and O–H groups in total. The van der Waals surface area contributed by atoms with Crippen LogP contribution >= 0.6 is 15.9 Å². The summed E-state index contributed by atoms with van der Waals surface area (Å²) >= 11 is 3.61. The summed E-state index contributed by atoms with van der Waals surface area (Å²) in [4.78, 5) is 8.86. The molecular weight excluding hydrogens is 376 g/mol. The Morgan fingerprint density at radius 1 is 1.33 bits per heavy atom. The van der Waals surface area contributed by atoms with E-state index in [9.17, 15) is 0 Å². The Bertz CT molecular complexity index is 896. The van der Waals surface area contributed by atoms with Crippen LogP contribution in [0.2, 0.25) is 0 Å². The van der Waals surface area contributed by atoms with E-state index in [1.807, 2.05) is 22.7 Å². The van der Waals surface area contributed by atoms with Crippen molar-refractivity contribution < 1.29 is 14.2 Å². The minimum absolute atomic E-state index is 0.235. The monoisotopic (exact) mass is 390 g/mol. The number of methoxy groups -OCH3 is 1. The molecular formula is C16H15BrN4O3. The molecule has 0 saturated carbocycles. The summed E-state index contributed by atoms with van der Waals surface area (Å²) in [5, 5.41) is 3.39. The number of rotatable bonds is 5. The molecule has 1 aliphatic heterocycles. The smallest absolute Gasteiger partial charge is 0.231 e. The van der Waals surface area contributed by atoms with E-state index >= 15 is 0 Å². The average Bonchev–Trinajstić information content (AvgIpc) is 3.18. The van der Waals surface area contributed by atoms with Crippen molar-refractivity contribution in [1.29, 1.82) is 0 Å². The zero-order valence-corrected chi connectivity index (χ0v) is 14.5. The van der Waals surface area contributed by atoms with Crippen molar-refractivity contribution in [3.8, 4) is 22.8 Å². The van der Waals surface area contributed by atoms with Gasteiger partial charge in [0.2, 0.25) is 6.79 Å². The van der Waals surface area contributed by atoms with Gasteiger partial charge in [0, 0.05) is 36.1 Å². The van der Waals surface area contributed by atoms with Crippen LogP contribution in [0.5, 0.6) is 11.5 Å². The number of anilines is 1. The third kappa shape index (κ3) is 2.57. The number of hydrogen-bond donors (Lipinski definition) is 1. The van der Waals surface area contributed by atoms with Crippen LogP contribution in [0.4, 0.5) is 5.82 Å². The van der Waals surface area contributed by atoms with E-state index in [0.29, 0.717) is 18.9 Å². The molecule has 1 aromatic carbocycles. The third-order valence-corrected chi connectivity index (χ3v) is 4.40. The molecule has 7 nitrogen and oxygen atoms in total. The SMILES string of the molecule is COCCNc1c(-c2cc3c(cc2Br)OCO3)nc2cnccn12. The van der Waals surface area contributed by atoms with Crippen molar-refractivity contribution in [3.05, 3.63) is 35.2 Å². The van der Waals surface area contributed by atoms with Gasteiger partial charge < -0.3 is 19.5 Å². The number of aromatic nitrogens is 3. The van der Waals surface area contributed by atoms with Gasteiger partial charge in [-0.2, -0.15) is 0 Å². The summed E-state index contributed by atoms with van der Waals surface area (Å²) in [5.41, 5.74) is 2.49. The third-order valence-electron chi connectivity index (χ3n) is 3.75. The molecule has 1 aliphatic rings. The lowest BCUT2D eigenvalue weighted by Crippen LogP contribution is -2.10. The van der Waals surface area contributed by atoms with E-state index in [1.165, 1.54) is 0 Å². The predicted molar refractivity (Wildman–Crippen MR) is 92.6 cm³/mol. The number of nitrogens with zero attached hydrogens (tertiary/aromatic N) is 3. The van der Waals surface area contributed by atoms with Gasteiger partial charge in [-0.15, -0.1) is 0 Å². The zero-order valence-electron chi connectivity index (χ0n) is 13.0. The lowest BCUT2D eigenvalue weighted by atomic mass is 10.1. The van der Waals surface area contributed by atoms with Crippen molar-refractivity contribution in [2.45, 2.75) is 0 Å². The molecule has 0 saturated heterocycles. The molecule has 3 aromatic rings. The van der Waals surface area contributed by atoms with E-state index < -0.39 is 0 Å². The first-order valence-corrected chi connectivity index (χ1v) is 8.21. The van der Waals surface area contributed by atoms with Gasteiger partial charge in [-0.05, 0) is 28.1 Å². The summed E-state index contributed by atoms with van der Waals surface area (Å²) in [7, 11) is 1.68. The quantitative estimate of drug-likeness (QED) is 0.675. The maximum atomic E-state index is 5.50. The molecule has 0 fully saturated rings. The average molecular weight is 391 g/mol.